The van der Waals surface area contributed by atoms with Gasteiger partial charge < -0.3 is 5.32 Å². The minimum Gasteiger partial charge on any atom is -0.356 e. The Balaban J connectivity index is 1.47. The summed E-state index contributed by atoms with van der Waals surface area (Å²) in [6.07, 6.45) is 3.74. The summed E-state index contributed by atoms with van der Waals surface area (Å²) in [5, 5.41) is 7.40. The highest BCUT2D eigenvalue weighted by atomic mass is 19.1. The van der Waals surface area contributed by atoms with E-state index in [1.165, 1.54) is 6.07 Å². The van der Waals surface area contributed by atoms with Gasteiger partial charge in [0.1, 0.15) is 5.82 Å². The average molecular weight is 351 g/mol. The second-order valence-corrected chi connectivity index (χ2v) is 6.24. The number of carbonyl (C=O) groups excluding carboxylic acids is 1. The highest BCUT2D eigenvalue weighted by Crippen LogP contribution is 2.13. The van der Waals surface area contributed by atoms with Gasteiger partial charge in [0.15, 0.2) is 0 Å². The molecule has 5 heteroatoms. The van der Waals surface area contributed by atoms with Crippen molar-refractivity contribution in [1.82, 2.24) is 15.1 Å². The van der Waals surface area contributed by atoms with Gasteiger partial charge in [-0.3, -0.25) is 4.79 Å². The molecule has 0 aliphatic carbocycles. The molecule has 0 spiro atoms. The maximum atomic E-state index is 13.6. The van der Waals surface area contributed by atoms with E-state index < -0.39 is 0 Å². The summed E-state index contributed by atoms with van der Waals surface area (Å²) in [4.78, 5) is 11.9. The molecule has 0 saturated heterocycles. The summed E-state index contributed by atoms with van der Waals surface area (Å²) in [6.45, 7) is 2.55. The van der Waals surface area contributed by atoms with E-state index in [-0.39, 0.29) is 18.1 Å². The molecule has 0 atom stereocenters. The van der Waals surface area contributed by atoms with Gasteiger partial charge >= 0.3 is 0 Å². The Labute approximate surface area is 152 Å². The number of hydrogen-bond donors (Lipinski definition) is 1. The molecule has 0 radical (unpaired) electrons. The van der Waals surface area contributed by atoms with Crippen LogP contribution in [0.4, 0.5) is 4.39 Å². The summed E-state index contributed by atoms with van der Waals surface area (Å²) in [5.41, 5.74) is 3.61. The minimum absolute atomic E-state index is 0.0671. The molecule has 1 amide bonds. The summed E-state index contributed by atoms with van der Waals surface area (Å²) in [6, 6.07) is 16.3. The molecule has 0 aliphatic heterocycles. The van der Waals surface area contributed by atoms with Crippen LogP contribution in [0, 0.1) is 12.7 Å². The number of carbonyl (C=O) groups is 1. The van der Waals surface area contributed by atoms with Crippen LogP contribution in [-0.4, -0.2) is 22.2 Å². The average Bonchev–Trinajstić information content (AvgIpc) is 3.02. The highest BCUT2D eigenvalue weighted by molar-refractivity contribution is 5.78. The molecule has 0 bridgehead atoms. The summed E-state index contributed by atoms with van der Waals surface area (Å²) < 4.78 is 15.4. The van der Waals surface area contributed by atoms with Crippen LogP contribution in [0.25, 0.3) is 5.69 Å². The van der Waals surface area contributed by atoms with Crippen LogP contribution in [0.3, 0.4) is 0 Å². The van der Waals surface area contributed by atoms with E-state index in [2.05, 4.69) is 10.4 Å². The first-order chi connectivity index (χ1) is 12.6. The zero-order chi connectivity index (χ0) is 18.4. The van der Waals surface area contributed by atoms with Crippen LogP contribution < -0.4 is 5.32 Å². The van der Waals surface area contributed by atoms with Crippen LogP contribution in [0.5, 0.6) is 0 Å². The Hall–Kier alpha value is -2.95. The number of amides is 1. The molecule has 1 N–H and O–H groups in total. The number of halogens is 1. The van der Waals surface area contributed by atoms with Crippen molar-refractivity contribution in [1.29, 1.82) is 0 Å². The number of hydrogen-bond acceptors (Lipinski definition) is 2. The Morgan fingerprint density at radius 2 is 1.81 bits per heavy atom. The number of rotatable bonds is 7. The zero-order valence-electron chi connectivity index (χ0n) is 14.8. The number of nitrogens with one attached hydrogen (secondary N) is 1. The molecule has 3 rings (SSSR count). The smallest absolute Gasteiger partial charge is 0.224 e. The molecule has 0 fully saturated rings. The van der Waals surface area contributed by atoms with Crippen molar-refractivity contribution in [3.63, 3.8) is 0 Å². The molecule has 3 aromatic rings. The molecular formula is C21H22FN3O. The molecule has 1 aromatic heterocycles. The molecule has 0 saturated carbocycles. The van der Waals surface area contributed by atoms with Crippen LogP contribution in [0.1, 0.15) is 23.2 Å². The normalized spacial score (nSPS) is 10.7. The molecular weight excluding hydrogens is 329 g/mol. The van der Waals surface area contributed by atoms with Gasteiger partial charge in [-0.05, 0) is 49.1 Å². The summed E-state index contributed by atoms with van der Waals surface area (Å²) in [5.74, 6) is -0.501. The van der Waals surface area contributed by atoms with E-state index in [0.717, 1.165) is 29.8 Å². The van der Waals surface area contributed by atoms with Gasteiger partial charge in [0.05, 0.1) is 17.8 Å². The zero-order valence-corrected chi connectivity index (χ0v) is 14.8. The third-order valence-electron chi connectivity index (χ3n) is 4.28. The fraction of sp³-hybridized carbons (Fsp3) is 0.238. The fourth-order valence-corrected chi connectivity index (χ4v) is 2.84. The molecule has 0 aliphatic rings. The van der Waals surface area contributed by atoms with E-state index in [9.17, 15) is 9.18 Å². The van der Waals surface area contributed by atoms with Crippen molar-refractivity contribution in [3.8, 4) is 5.69 Å². The Morgan fingerprint density at radius 1 is 1.08 bits per heavy atom. The minimum atomic E-state index is -0.341. The topological polar surface area (TPSA) is 46.9 Å². The van der Waals surface area contributed by atoms with Crippen molar-refractivity contribution < 1.29 is 9.18 Å². The monoisotopic (exact) mass is 351 g/mol. The number of nitrogens with zero attached hydrogens (tertiary/aromatic N) is 2. The summed E-state index contributed by atoms with van der Waals surface area (Å²) >= 11 is 0. The van der Waals surface area contributed by atoms with E-state index in [1.54, 1.807) is 18.2 Å². The Kier molecular flexibility index (Phi) is 5.79. The van der Waals surface area contributed by atoms with Crippen molar-refractivity contribution in [3.05, 3.63) is 83.4 Å². The first-order valence-electron chi connectivity index (χ1n) is 8.74. The van der Waals surface area contributed by atoms with Gasteiger partial charge in [-0.1, -0.05) is 36.4 Å². The number of aryl methyl sites for hydroxylation is 2. The molecule has 4 nitrogen and oxygen atoms in total. The van der Waals surface area contributed by atoms with E-state index in [1.807, 2.05) is 48.1 Å². The standard InChI is InChI=1S/C21H22FN3O/c1-16-18(15-25(24-16)19-10-3-2-4-11-19)9-7-13-23-21(26)14-17-8-5-6-12-20(17)22/h2-6,8,10-12,15H,7,9,13-14H2,1H3,(H,23,26). The predicted octanol–water partition coefficient (Wildman–Crippen LogP) is 3.61. The maximum absolute atomic E-state index is 13.6. The van der Waals surface area contributed by atoms with Gasteiger partial charge in [-0.15, -0.1) is 0 Å². The molecule has 134 valence electrons. The van der Waals surface area contributed by atoms with Gasteiger partial charge in [-0.2, -0.15) is 5.10 Å². The van der Waals surface area contributed by atoms with Gasteiger partial charge in [0, 0.05) is 12.7 Å². The second kappa shape index (κ2) is 8.43. The fourth-order valence-electron chi connectivity index (χ4n) is 2.84. The van der Waals surface area contributed by atoms with Crippen molar-refractivity contribution >= 4 is 5.91 Å². The number of benzene rings is 2. The predicted molar refractivity (Wildman–Crippen MR) is 99.7 cm³/mol. The van der Waals surface area contributed by atoms with Crippen molar-refractivity contribution in [2.75, 3.05) is 6.54 Å². The SMILES string of the molecule is Cc1nn(-c2ccccc2)cc1CCCNC(=O)Cc1ccccc1F. The first kappa shape index (κ1) is 17.9. The molecule has 2 aromatic carbocycles. The third-order valence-corrected chi connectivity index (χ3v) is 4.28. The van der Waals surface area contributed by atoms with Gasteiger partial charge in [0.25, 0.3) is 0 Å². The van der Waals surface area contributed by atoms with Gasteiger partial charge in [-0.25, -0.2) is 9.07 Å². The maximum Gasteiger partial charge on any atom is 0.224 e. The van der Waals surface area contributed by atoms with Crippen LogP contribution in [0.15, 0.2) is 60.8 Å². The number of para-hydroxylation sites is 1. The summed E-state index contributed by atoms with van der Waals surface area (Å²) in [7, 11) is 0. The second-order valence-electron chi connectivity index (χ2n) is 6.24. The Morgan fingerprint density at radius 3 is 2.58 bits per heavy atom. The third kappa shape index (κ3) is 4.57. The largest absolute Gasteiger partial charge is 0.356 e. The van der Waals surface area contributed by atoms with Crippen LogP contribution >= 0.6 is 0 Å². The highest BCUT2D eigenvalue weighted by Gasteiger charge is 2.08. The Bertz CT molecular complexity index is 874. The van der Waals surface area contributed by atoms with Crippen molar-refractivity contribution in [2.45, 2.75) is 26.2 Å². The quantitative estimate of drug-likeness (QED) is 0.661. The van der Waals surface area contributed by atoms with E-state index in [0.29, 0.717) is 12.1 Å². The molecule has 0 unspecified atom stereocenters. The molecule has 26 heavy (non-hydrogen) atoms. The van der Waals surface area contributed by atoms with Crippen molar-refractivity contribution in [2.24, 2.45) is 0 Å². The molecule has 1 heterocycles. The first-order valence-corrected chi connectivity index (χ1v) is 8.74. The van der Waals surface area contributed by atoms with Crippen LogP contribution in [-0.2, 0) is 17.6 Å². The lowest BCUT2D eigenvalue weighted by Crippen LogP contribution is -2.26. The van der Waals surface area contributed by atoms with Gasteiger partial charge in [0.2, 0.25) is 5.91 Å². The lowest BCUT2D eigenvalue weighted by molar-refractivity contribution is -0.120. The lowest BCUT2D eigenvalue weighted by Gasteiger charge is -2.06. The number of aromatic nitrogens is 2. The van der Waals surface area contributed by atoms with E-state index >= 15 is 0 Å². The van der Waals surface area contributed by atoms with E-state index in [4.69, 9.17) is 0 Å². The van der Waals surface area contributed by atoms with Crippen LogP contribution in [0.2, 0.25) is 0 Å². The lowest BCUT2D eigenvalue weighted by atomic mass is 10.1.